The number of nitrogens with zero attached hydrogens (tertiary/aromatic N) is 1. The summed E-state index contributed by atoms with van der Waals surface area (Å²) >= 11 is 0. The molecule has 1 aromatic heterocycles. The molecular formula is C13H14NO. The van der Waals surface area contributed by atoms with Crippen molar-refractivity contribution in [1.82, 2.24) is 4.98 Å². The van der Waals surface area contributed by atoms with Crippen LogP contribution in [0.5, 0.6) is 5.75 Å². The first-order valence-corrected chi connectivity index (χ1v) is 5.30. The van der Waals surface area contributed by atoms with Gasteiger partial charge in [-0.15, -0.1) is 0 Å². The van der Waals surface area contributed by atoms with Crippen LogP contribution in [-0.2, 0) is 0 Å². The summed E-state index contributed by atoms with van der Waals surface area (Å²) in [6.45, 7) is 2.89. The number of benzene rings is 1. The summed E-state index contributed by atoms with van der Waals surface area (Å²) in [6, 6.07) is 9.96. The molecular weight excluding hydrogens is 186 g/mol. The van der Waals surface area contributed by atoms with Gasteiger partial charge in [-0.2, -0.15) is 0 Å². The number of aromatic nitrogens is 1. The first kappa shape index (κ1) is 9.97. The van der Waals surface area contributed by atoms with Crippen molar-refractivity contribution in [3.63, 3.8) is 0 Å². The highest BCUT2D eigenvalue weighted by Gasteiger charge is 1.98. The highest BCUT2D eigenvalue weighted by atomic mass is 16.5. The Hall–Kier alpha value is -1.57. The van der Waals surface area contributed by atoms with Gasteiger partial charge in [-0.25, -0.2) is 4.98 Å². The van der Waals surface area contributed by atoms with Crippen LogP contribution < -0.4 is 4.74 Å². The van der Waals surface area contributed by atoms with Crippen LogP contribution >= 0.6 is 0 Å². The second kappa shape index (κ2) is 4.78. The van der Waals surface area contributed by atoms with Crippen LogP contribution in [0.4, 0.5) is 0 Å². The zero-order valence-corrected chi connectivity index (χ0v) is 8.86. The van der Waals surface area contributed by atoms with Crippen LogP contribution in [0.1, 0.15) is 19.8 Å². The summed E-state index contributed by atoms with van der Waals surface area (Å²) < 4.78 is 5.54. The minimum atomic E-state index is 0.738. The standard InChI is InChI=1S/C13H14NO/c1-2-3-8-15-12-9-11-6-4-5-7-13(11)14-10-12/h4-7,9H,2-3,8H2,1H3. The summed E-state index contributed by atoms with van der Waals surface area (Å²) in [6.07, 6.45) is 5.11. The van der Waals surface area contributed by atoms with Gasteiger partial charge in [0, 0.05) is 5.39 Å². The molecule has 1 radical (unpaired) electrons. The van der Waals surface area contributed by atoms with Crippen molar-refractivity contribution in [1.29, 1.82) is 0 Å². The van der Waals surface area contributed by atoms with Crippen LogP contribution in [0.25, 0.3) is 10.9 Å². The van der Waals surface area contributed by atoms with Gasteiger partial charge < -0.3 is 4.74 Å². The lowest BCUT2D eigenvalue weighted by Gasteiger charge is -2.04. The van der Waals surface area contributed by atoms with Crippen LogP contribution in [0, 0.1) is 6.20 Å². The molecule has 2 nitrogen and oxygen atoms in total. The lowest BCUT2D eigenvalue weighted by atomic mass is 10.2. The van der Waals surface area contributed by atoms with E-state index >= 15 is 0 Å². The summed E-state index contributed by atoms with van der Waals surface area (Å²) in [5, 5.41) is 1.10. The van der Waals surface area contributed by atoms with E-state index in [-0.39, 0.29) is 0 Å². The van der Waals surface area contributed by atoms with E-state index in [0.717, 1.165) is 36.1 Å². The normalized spacial score (nSPS) is 10.5. The quantitative estimate of drug-likeness (QED) is 0.707. The molecule has 1 aromatic carbocycles. The van der Waals surface area contributed by atoms with Crippen LogP contribution in [-0.4, -0.2) is 11.6 Å². The first-order chi connectivity index (χ1) is 7.40. The van der Waals surface area contributed by atoms with Crippen molar-refractivity contribution in [3.05, 3.63) is 36.5 Å². The van der Waals surface area contributed by atoms with Crippen LogP contribution in [0.3, 0.4) is 0 Å². The van der Waals surface area contributed by atoms with Crippen molar-refractivity contribution in [3.8, 4) is 5.75 Å². The number of fused-ring (bicyclic) bond motifs is 1. The van der Waals surface area contributed by atoms with Gasteiger partial charge in [-0.1, -0.05) is 31.5 Å². The summed E-state index contributed by atoms with van der Waals surface area (Å²) in [5.41, 5.74) is 0.959. The molecule has 1 heterocycles. The Bertz CT molecular complexity index is 439. The highest BCUT2D eigenvalue weighted by molar-refractivity contribution is 5.79. The maximum Gasteiger partial charge on any atom is 0.147 e. The van der Waals surface area contributed by atoms with Crippen molar-refractivity contribution < 1.29 is 4.74 Å². The lowest BCUT2D eigenvalue weighted by Crippen LogP contribution is -1.97. The molecule has 15 heavy (non-hydrogen) atoms. The second-order valence-corrected chi connectivity index (χ2v) is 3.49. The van der Waals surface area contributed by atoms with E-state index in [2.05, 4.69) is 18.1 Å². The van der Waals surface area contributed by atoms with Gasteiger partial charge in [0.05, 0.1) is 12.1 Å². The molecule has 0 aliphatic rings. The molecule has 77 valence electrons. The molecule has 0 N–H and O–H groups in total. The molecule has 2 rings (SSSR count). The van der Waals surface area contributed by atoms with E-state index < -0.39 is 0 Å². The molecule has 0 unspecified atom stereocenters. The number of hydrogen-bond acceptors (Lipinski definition) is 2. The lowest BCUT2D eigenvalue weighted by molar-refractivity contribution is 0.308. The van der Waals surface area contributed by atoms with E-state index in [1.54, 1.807) is 0 Å². The van der Waals surface area contributed by atoms with E-state index in [4.69, 9.17) is 4.74 Å². The zero-order valence-electron chi connectivity index (χ0n) is 8.86. The van der Waals surface area contributed by atoms with Gasteiger partial charge in [0.25, 0.3) is 0 Å². The third-order valence-electron chi connectivity index (χ3n) is 2.27. The van der Waals surface area contributed by atoms with Gasteiger partial charge in [-0.05, 0) is 18.6 Å². The SMILES string of the molecule is CCCCOc1[c]nc2ccccc2c1. The largest absolute Gasteiger partial charge is 0.491 e. The smallest absolute Gasteiger partial charge is 0.147 e. The Labute approximate surface area is 89.9 Å². The molecule has 0 atom stereocenters. The van der Waals surface area contributed by atoms with Gasteiger partial charge in [0.2, 0.25) is 0 Å². The maximum absolute atomic E-state index is 5.54. The maximum atomic E-state index is 5.54. The van der Waals surface area contributed by atoms with E-state index in [9.17, 15) is 0 Å². The van der Waals surface area contributed by atoms with E-state index in [0.29, 0.717) is 0 Å². The fourth-order valence-electron chi connectivity index (χ4n) is 1.40. The molecule has 0 spiro atoms. The van der Waals surface area contributed by atoms with Crippen molar-refractivity contribution >= 4 is 10.9 Å². The Morgan fingerprint density at radius 2 is 2.20 bits per heavy atom. The molecule has 2 aromatic rings. The van der Waals surface area contributed by atoms with Gasteiger partial charge in [0.1, 0.15) is 11.9 Å². The van der Waals surface area contributed by atoms with E-state index in [1.165, 1.54) is 0 Å². The topological polar surface area (TPSA) is 22.1 Å². The summed E-state index contributed by atoms with van der Waals surface area (Å²) in [7, 11) is 0. The number of rotatable bonds is 4. The molecule has 0 saturated heterocycles. The number of pyridine rings is 1. The summed E-state index contributed by atoms with van der Waals surface area (Å²) in [4.78, 5) is 4.21. The molecule has 0 bridgehead atoms. The van der Waals surface area contributed by atoms with Crippen molar-refractivity contribution in [2.45, 2.75) is 19.8 Å². The summed E-state index contributed by atoms with van der Waals surface area (Å²) in [5.74, 6) is 0.738. The molecule has 0 aliphatic carbocycles. The minimum absolute atomic E-state index is 0.738. The van der Waals surface area contributed by atoms with Gasteiger partial charge in [-0.3, -0.25) is 0 Å². The predicted molar refractivity (Wildman–Crippen MR) is 61.0 cm³/mol. The van der Waals surface area contributed by atoms with E-state index in [1.807, 2.05) is 30.3 Å². The Morgan fingerprint density at radius 1 is 1.33 bits per heavy atom. The average molecular weight is 200 g/mol. The zero-order chi connectivity index (χ0) is 10.5. The molecule has 0 aliphatic heterocycles. The Kier molecular flexibility index (Phi) is 3.18. The van der Waals surface area contributed by atoms with Gasteiger partial charge >= 0.3 is 0 Å². The number of unbranched alkanes of at least 4 members (excludes halogenated alkanes) is 1. The highest BCUT2D eigenvalue weighted by Crippen LogP contribution is 2.17. The minimum Gasteiger partial charge on any atom is -0.491 e. The fraction of sp³-hybridized carbons (Fsp3) is 0.308. The van der Waals surface area contributed by atoms with Gasteiger partial charge in [0.15, 0.2) is 0 Å². The Balaban J connectivity index is 2.16. The van der Waals surface area contributed by atoms with Crippen LogP contribution in [0.15, 0.2) is 30.3 Å². The molecule has 0 fully saturated rings. The molecule has 2 heteroatoms. The monoisotopic (exact) mass is 200 g/mol. The molecule has 0 saturated carbocycles. The third-order valence-corrected chi connectivity index (χ3v) is 2.27. The average Bonchev–Trinajstić information content (AvgIpc) is 2.29. The van der Waals surface area contributed by atoms with Crippen molar-refractivity contribution in [2.75, 3.05) is 6.61 Å². The number of hydrogen-bond donors (Lipinski definition) is 0. The Morgan fingerprint density at radius 3 is 3.07 bits per heavy atom. The number of ether oxygens (including phenoxy) is 1. The van der Waals surface area contributed by atoms with Crippen molar-refractivity contribution in [2.24, 2.45) is 0 Å². The predicted octanol–water partition coefficient (Wildman–Crippen LogP) is 3.21. The van der Waals surface area contributed by atoms with Crippen LogP contribution in [0.2, 0.25) is 0 Å². The fourth-order valence-corrected chi connectivity index (χ4v) is 1.40. The number of para-hydroxylation sites is 1. The third kappa shape index (κ3) is 2.46. The molecule has 0 amide bonds. The first-order valence-electron chi connectivity index (χ1n) is 5.30. The second-order valence-electron chi connectivity index (χ2n) is 3.49.